The number of Topliss-reactive ketones (excluding diaryl/α,β-unsaturated/α-hetero) is 1. The first-order valence-corrected chi connectivity index (χ1v) is 8.81. The van der Waals surface area contributed by atoms with Crippen LogP contribution >= 0.6 is 11.3 Å². The highest BCUT2D eigenvalue weighted by Gasteiger charge is 2.14. The van der Waals surface area contributed by atoms with E-state index in [2.05, 4.69) is 55.5 Å². The molecule has 1 heterocycles. The minimum Gasteiger partial charge on any atom is -0.294 e. The molecule has 0 aliphatic carbocycles. The molecular weight excluding hydrogens is 300 g/mol. The Hall–Kier alpha value is -2.19. The highest BCUT2D eigenvalue weighted by atomic mass is 32.1. The van der Waals surface area contributed by atoms with Gasteiger partial charge < -0.3 is 0 Å². The van der Waals surface area contributed by atoms with Gasteiger partial charge in [0.05, 0.1) is 0 Å². The third-order valence-corrected chi connectivity index (χ3v) is 5.12. The van der Waals surface area contributed by atoms with Crippen molar-refractivity contribution in [3.63, 3.8) is 0 Å². The quantitative estimate of drug-likeness (QED) is 0.534. The number of carbonyl (C=O) groups excluding carboxylic acids is 1. The Morgan fingerprint density at radius 2 is 1.61 bits per heavy atom. The van der Waals surface area contributed by atoms with E-state index in [1.807, 2.05) is 18.4 Å². The van der Waals surface area contributed by atoms with Gasteiger partial charge >= 0.3 is 0 Å². The Morgan fingerprint density at radius 3 is 2.26 bits per heavy atom. The highest BCUT2D eigenvalue weighted by Crippen LogP contribution is 2.27. The summed E-state index contributed by atoms with van der Waals surface area (Å²) in [6.07, 6.45) is 1.39. The lowest BCUT2D eigenvalue weighted by molar-refractivity contribution is 0.0988. The molecular formula is C21H20OS. The van der Waals surface area contributed by atoms with E-state index < -0.39 is 0 Å². The standard InChI is InChI=1S/C21H20OS/c1-3-21(22)20-14-23-15(2)19(20)13-16-9-11-18(12-10-16)17-7-5-4-6-8-17/h4-12,14H,3,13H2,1-2H3. The van der Waals surface area contributed by atoms with E-state index in [4.69, 9.17) is 0 Å². The minimum atomic E-state index is 0.241. The van der Waals surface area contributed by atoms with Crippen molar-refractivity contribution in [2.45, 2.75) is 26.7 Å². The second-order valence-corrected chi connectivity index (χ2v) is 6.78. The predicted molar refractivity (Wildman–Crippen MR) is 98.4 cm³/mol. The molecule has 0 unspecified atom stereocenters. The first-order chi connectivity index (χ1) is 11.2. The average molecular weight is 320 g/mol. The molecule has 2 heteroatoms. The van der Waals surface area contributed by atoms with Crippen LogP contribution in [0.15, 0.2) is 60.0 Å². The van der Waals surface area contributed by atoms with Gasteiger partial charge in [-0.15, -0.1) is 11.3 Å². The van der Waals surface area contributed by atoms with Crippen LogP contribution in [0.3, 0.4) is 0 Å². The molecule has 2 aromatic carbocycles. The summed E-state index contributed by atoms with van der Waals surface area (Å²) in [6, 6.07) is 19.0. The Bertz CT molecular complexity index is 798. The number of thiophene rings is 1. The summed E-state index contributed by atoms with van der Waals surface area (Å²) >= 11 is 1.67. The maximum atomic E-state index is 12.1. The first kappa shape index (κ1) is 15.7. The minimum absolute atomic E-state index is 0.241. The van der Waals surface area contributed by atoms with Crippen molar-refractivity contribution in [3.8, 4) is 11.1 Å². The second kappa shape index (κ2) is 6.93. The van der Waals surface area contributed by atoms with Gasteiger partial charge in [0.2, 0.25) is 0 Å². The zero-order valence-electron chi connectivity index (χ0n) is 13.5. The molecule has 0 saturated carbocycles. The molecule has 1 aromatic heterocycles. The zero-order chi connectivity index (χ0) is 16.2. The van der Waals surface area contributed by atoms with Crippen molar-refractivity contribution in [3.05, 3.63) is 81.5 Å². The molecule has 0 radical (unpaired) electrons. The lowest BCUT2D eigenvalue weighted by atomic mass is 9.97. The van der Waals surface area contributed by atoms with Crippen LogP contribution in [0.25, 0.3) is 11.1 Å². The van der Waals surface area contributed by atoms with Crippen LogP contribution in [0.2, 0.25) is 0 Å². The molecule has 0 spiro atoms. The van der Waals surface area contributed by atoms with Crippen molar-refractivity contribution in [1.82, 2.24) is 0 Å². The second-order valence-electron chi connectivity index (χ2n) is 5.70. The number of carbonyl (C=O) groups is 1. The maximum absolute atomic E-state index is 12.1. The summed E-state index contributed by atoms with van der Waals surface area (Å²) in [5, 5.41) is 2.01. The fourth-order valence-electron chi connectivity index (χ4n) is 2.77. The van der Waals surface area contributed by atoms with E-state index in [0.717, 1.165) is 12.0 Å². The third kappa shape index (κ3) is 3.43. The van der Waals surface area contributed by atoms with Crippen LogP contribution in [0.1, 0.15) is 39.7 Å². The monoisotopic (exact) mass is 320 g/mol. The molecule has 0 aliphatic rings. The molecule has 23 heavy (non-hydrogen) atoms. The number of benzene rings is 2. The number of aryl methyl sites for hydroxylation is 1. The summed E-state index contributed by atoms with van der Waals surface area (Å²) in [5.41, 5.74) is 5.79. The molecule has 3 aromatic rings. The van der Waals surface area contributed by atoms with E-state index in [1.54, 1.807) is 11.3 Å². The lowest BCUT2D eigenvalue weighted by Gasteiger charge is -2.07. The van der Waals surface area contributed by atoms with Gasteiger partial charge in [0.25, 0.3) is 0 Å². The Kier molecular flexibility index (Phi) is 4.73. The molecule has 0 bridgehead atoms. The number of hydrogen-bond donors (Lipinski definition) is 0. The summed E-state index contributed by atoms with van der Waals surface area (Å²) in [7, 11) is 0. The normalized spacial score (nSPS) is 10.7. The molecule has 3 rings (SSSR count). The Morgan fingerprint density at radius 1 is 0.957 bits per heavy atom. The number of hydrogen-bond acceptors (Lipinski definition) is 2. The summed E-state index contributed by atoms with van der Waals surface area (Å²) in [4.78, 5) is 13.3. The average Bonchev–Trinajstić information content (AvgIpc) is 2.96. The van der Waals surface area contributed by atoms with Crippen molar-refractivity contribution in [2.75, 3.05) is 0 Å². The summed E-state index contributed by atoms with van der Waals surface area (Å²) < 4.78 is 0. The Labute approximate surface area is 141 Å². The third-order valence-electron chi connectivity index (χ3n) is 4.17. The van der Waals surface area contributed by atoms with Gasteiger partial charge in [-0.3, -0.25) is 4.79 Å². The topological polar surface area (TPSA) is 17.1 Å². The molecule has 0 aliphatic heterocycles. The van der Waals surface area contributed by atoms with E-state index >= 15 is 0 Å². The van der Waals surface area contributed by atoms with Gasteiger partial charge in [-0.05, 0) is 35.6 Å². The number of ketones is 1. The van der Waals surface area contributed by atoms with Gasteiger partial charge in [-0.2, -0.15) is 0 Å². The van der Waals surface area contributed by atoms with E-state index in [9.17, 15) is 4.79 Å². The fourth-order valence-corrected chi connectivity index (χ4v) is 3.67. The van der Waals surface area contributed by atoms with E-state index in [-0.39, 0.29) is 5.78 Å². The van der Waals surface area contributed by atoms with Crippen molar-refractivity contribution >= 4 is 17.1 Å². The Balaban J connectivity index is 1.85. The van der Waals surface area contributed by atoms with Crippen LogP contribution in [-0.2, 0) is 6.42 Å². The van der Waals surface area contributed by atoms with Gasteiger partial charge in [0.15, 0.2) is 5.78 Å². The predicted octanol–water partition coefficient (Wildman–Crippen LogP) is 5.91. The van der Waals surface area contributed by atoms with Crippen molar-refractivity contribution in [2.24, 2.45) is 0 Å². The van der Waals surface area contributed by atoms with Crippen molar-refractivity contribution < 1.29 is 4.79 Å². The molecule has 0 atom stereocenters. The maximum Gasteiger partial charge on any atom is 0.163 e. The molecule has 116 valence electrons. The van der Waals surface area contributed by atoms with Crippen LogP contribution in [0.5, 0.6) is 0 Å². The van der Waals surface area contributed by atoms with Crippen LogP contribution in [0.4, 0.5) is 0 Å². The van der Waals surface area contributed by atoms with Gasteiger partial charge in [0, 0.05) is 22.2 Å². The largest absolute Gasteiger partial charge is 0.294 e. The smallest absolute Gasteiger partial charge is 0.163 e. The summed E-state index contributed by atoms with van der Waals surface area (Å²) in [6.45, 7) is 4.03. The van der Waals surface area contributed by atoms with Gasteiger partial charge in [-0.1, -0.05) is 61.5 Å². The van der Waals surface area contributed by atoms with Gasteiger partial charge in [-0.25, -0.2) is 0 Å². The fraction of sp³-hybridized carbons (Fsp3) is 0.190. The van der Waals surface area contributed by atoms with Crippen molar-refractivity contribution in [1.29, 1.82) is 0 Å². The van der Waals surface area contributed by atoms with Gasteiger partial charge in [0.1, 0.15) is 0 Å². The van der Waals surface area contributed by atoms with Crippen LogP contribution in [-0.4, -0.2) is 5.78 Å². The molecule has 1 nitrogen and oxygen atoms in total. The first-order valence-electron chi connectivity index (χ1n) is 7.93. The lowest BCUT2D eigenvalue weighted by Crippen LogP contribution is -2.01. The van der Waals surface area contributed by atoms with E-state index in [0.29, 0.717) is 6.42 Å². The van der Waals surface area contributed by atoms with Crippen LogP contribution in [0, 0.1) is 6.92 Å². The zero-order valence-corrected chi connectivity index (χ0v) is 14.3. The molecule has 0 fully saturated rings. The SMILES string of the molecule is CCC(=O)c1csc(C)c1Cc1ccc(-c2ccccc2)cc1. The molecule has 0 N–H and O–H groups in total. The van der Waals surface area contributed by atoms with E-state index in [1.165, 1.54) is 27.1 Å². The van der Waals surface area contributed by atoms with Crippen LogP contribution < -0.4 is 0 Å². The highest BCUT2D eigenvalue weighted by molar-refractivity contribution is 7.10. The molecule has 0 saturated heterocycles. The molecule has 0 amide bonds. The number of rotatable bonds is 5. The summed E-state index contributed by atoms with van der Waals surface area (Å²) in [5.74, 6) is 0.241.